The largest absolute Gasteiger partial charge is 0.239 e. The van der Waals surface area contributed by atoms with Crippen molar-refractivity contribution < 1.29 is 0 Å². The molecule has 0 unspecified atom stereocenters. The minimum absolute atomic E-state index is 0.747. The minimum atomic E-state index is 0.747. The third-order valence-electron chi connectivity index (χ3n) is 3.59. The third kappa shape index (κ3) is 2.05. The lowest BCUT2D eigenvalue weighted by Crippen LogP contribution is -1.96. The van der Waals surface area contributed by atoms with Crippen molar-refractivity contribution in [1.29, 1.82) is 0 Å². The first-order valence-electron chi connectivity index (χ1n) is 7.16. The molecule has 0 spiro atoms. The minimum Gasteiger partial charge on any atom is -0.239 e. The zero-order chi connectivity index (χ0) is 14.9. The van der Waals surface area contributed by atoms with Gasteiger partial charge in [0, 0.05) is 5.56 Å². The number of hydrogen-bond donors (Lipinski definition) is 0. The van der Waals surface area contributed by atoms with E-state index in [1.807, 2.05) is 66.3 Å². The number of para-hydroxylation sites is 1. The van der Waals surface area contributed by atoms with Gasteiger partial charge in [0.05, 0.1) is 11.9 Å². The second kappa shape index (κ2) is 5.07. The normalized spacial score (nSPS) is 11.0. The fourth-order valence-corrected chi connectivity index (χ4v) is 2.55. The summed E-state index contributed by atoms with van der Waals surface area (Å²) in [5, 5.41) is 4.79. The predicted octanol–water partition coefficient (Wildman–Crippen LogP) is 3.79. The molecule has 0 saturated heterocycles. The van der Waals surface area contributed by atoms with Crippen LogP contribution in [0, 0.1) is 6.92 Å². The first-order valence-corrected chi connectivity index (χ1v) is 7.16. The number of nitrogens with zero attached hydrogens (tertiary/aromatic N) is 4. The lowest BCUT2D eigenvalue weighted by molar-refractivity contribution is 0.911. The Labute approximate surface area is 128 Å². The molecular weight excluding hydrogens is 272 g/mol. The molecule has 0 aliphatic carbocycles. The van der Waals surface area contributed by atoms with Crippen LogP contribution in [0.5, 0.6) is 0 Å². The predicted molar refractivity (Wildman–Crippen MR) is 86.8 cm³/mol. The molecule has 0 aliphatic heterocycles. The highest BCUT2D eigenvalue weighted by molar-refractivity contribution is 5.90. The van der Waals surface area contributed by atoms with Crippen LogP contribution >= 0.6 is 0 Å². The average Bonchev–Trinajstić information content (AvgIpc) is 2.95. The molecule has 0 fully saturated rings. The number of benzene rings is 2. The summed E-state index contributed by atoms with van der Waals surface area (Å²) in [6.45, 7) is 1.90. The van der Waals surface area contributed by atoms with Gasteiger partial charge in [0.25, 0.3) is 0 Å². The van der Waals surface area contributed by atoms with Crippen LogP contribution in [0.3, 0.4) is 0 Å². The number of rotatable bonds is 2. The van der Waals surface area contributed by atoms with Crippen molar-refractivity contribution in [1.82, 2.24) is 19.7 Å². The van der Waals surface area contributed by atoms with Crippen molar-refractivity contribution in [3.63, 3.8) is 0 Å². The number of hydrogen-bond acceptors (Lipinski definition) is 3. The van der Waals surface area contributed by atoms with Crippen molar-refractivity contribution in [3.05, 3.63) is 72.7 Å². The maximum Gasteiger partial charge on any atom is 0.126 e. The lowest BCUT2D eigenvalue weighted by atomic mass is 10.1. The summed E-state index contributed by atoms with van der Waals surface area (Å²) in [4.78, 5) is 8.93. The molecule has 2 heterocycles. The molecule has 0 saturated carbocycles. The van der Waals surface area contributed by atoms with Gasteiger partial charge in [-0.25, -0.2) is 14.6 Å². The van der Waals surface area contributed by atoms with Crippen molar-refractivity contribution >= 4 is 11.0 Å². The molecule has 0 amide bonds. The molecule has 4 aromatic rings. The van der Waals surface area contributed by atoms with E-state index in [2.05, 4.69) is 22.1 Å². The second-order valence-corrected chi connectivity index (χ2v) is 5.11. The molecule has 106 valence electrons. The summed E-state index contributed by atoms with van der Waals surface area (Å²) in [6, 6.07) is 20.2. The molecule has 0 aliphatic rings. The Kier molecular flexibility index (Phi) is 2.93. The van der Waals surface area contributed by atoms with Gasteiger partial charge in [0.1, 0.15) is 22.6 Å². The zero-order valence-corrected chi connectivity index (χ0v) is 12.1. The van der Waals surface area contributed by atoms with E-state index < -0.39 is 0 Å². The molecule has 4 nitrogen and oxygen atoms in total. The molecule has 2 aromatic carbocycles. The zero-order valence-electron chi connectivity index (χ0n) is 12.1. The van der Waals surface area contributed by atoms with Gasteiger partial charge in [-0.05, 0) is 19.1 Å². The fourth-order valence-electron chi connectivity index (χ4n) is 2.55. The van der Waals surface area contributed by atoms with Gasteiger partial charge >= 0.3 is 0 Å². The van der Waals surface area contributed by atoms with Crippen LogP contribution in [0.25, 0.3) is 28.0 Å². The molecule has 0 radical (unpaired) electrons. The molecule has 0 bridgehead atoms. The molecule has 0 atom stereocenters. The van der Waals surface area contributed by atoms with E-state index in [0.29, 0.717) is 0 Å². The van der Waals surface area contributed by atoms with Crippen LogP contribution in [0.15, 0.2) is 66.9 Å². The molecule has 22 heavy (non-hydrogen) atoms. The van der Waals surface area contributed by atoms with Crippen molar-refractivity contribution in [3.8, 4) is 16.9 Å². The topological polar surface area (TPSA) is 43.6 Å². The summed E-state index contributed by atoms with van der Waals surface area (Å²) < 4.78 is 1.90. The van der Waals surface area contributed by atoms with Crippen LogP contribution in [0.2, 0.25) is 0 Å². The Balaban J connectivity index is 2.04. The smallest absolute Gasteiger partial charge is 0.126 e. The van der Waals surface area contributed by atoms with Gasteiger partial charge in [0.2, 0.25) is 0 Å². The highest BCUT2D eigenvalue weighted by atomic mass is 15.3. The second-order valence-electron chi connectivity index (χ2n) is 5.11. The maximum absolute atomic E-state index is 4.79. The van der Waals surface area contributed by atoms with E-state index in [0.717, 1.165) is 33.8 Å². The summed E-state index contributed by atoms with van der Waals surface area (Å²) in [5.74, 6) is 0.747. The highest BCUT2D eigenvalue weighted by Crippen LogP contribution is 2.27. The molecular formula is C18H14N4. The number of fused-ring (bicyclic) bond motifs is 1. The maximum atomic E-state index is 4.79. The highest BCUT2D eigenvalue weighted by Gasteiger charge is 2.15. The Hall–Kier alpha value is -3.01. The van der Waals surface area contributed by atoms with Crippen LogP contribution in [-0.2, 0) is 0 Å². The van der Waals surface area contributed by atoms with Crippen LogP contribution < -0.4 is 0 Å². The van der Waals surface area contributed by atoms with Gasteiger partial charge in [-0.2, -0.15) is 5.10 Å². The number of aryl methyl sites for hydroxylation is 1. The van der Waals surface area contributed by atoms with Crippen LogP contribution in [0.4, 0.5) is 0 Å². The van der Waals surface area contributed by atoms with Gasteiger partial charge in [0.15, 0.2) is 0 Å². The Morgan fingerprint density at radius 1 is 0.864 bits per heavy atom. The van der Waals surface area contributed by atoms with E-state index in [-0.39, 0.29) is 0 Å². The molecule has 4 heteroatoms. The molecule has 4 rings (SSSR count). The summed E-state index contributed by atoms with van der Waals surface area (Å²) in [6.07, 6.45) is 1.84. The first-order chi connectivity index (χ1) is 10.8. The van der Waals surface area contributed by atoms with Crippen LogP contribution in [0.1, 0.15) is 5.82 Å². The quantitative estimate of drug-likeness (QED) is 0.563. The van der Waals surface area contributed by atoms with E-state index in [4.69, 9.17) is 5.10 Å². The summed E-state index contributed by atoms with van der Waals surface area (Å²) >= 11 is 0. The summed E-state index contributed by atoms with van der Waals surface area (Å²) in [7, 11) is 0. The van der Waals surface area contributed by atoms with E-state index in [1.54, 1.807) is 0 Å². The van der Waals surface area contributed by atoms with Crippen LogP contribution in [-0.4, -0.2) is 19.7 Å². The van der Waals surface area contributed by atoms with Gasteiger partial charge in [-0.1, -0.05) is 48.5 Å². The molecule has 2 aromatic heterocycles. The summed E-state index contributed by atoms with van der Waals surface area (Å²) in [5.41, 5.74) is 4.73. The first kappa shape index (κ1) is 12.7. The van der Waals surface area contributed by atoms with Gasteiger partial charge in [-0.15, -0.1) is 0 Å². The Bertz CT molecular complexity index is 927. The van der Waals surface area contributed by atoms with E-state index in [9.17, 15) is 0 Å². The monoisotopic (exact) mass is 286 g/mol. The number of aromatic nitrogens is 4. The van der Waals surface area contributed by atoms with Gasteiger partial charge in [-0.3, -0.25) is 0 Å². The Morgan fingerprint density at radius 3 is 2.27 bits per heavy atom. The Morgan fingerprint density at radius 2 is 1.55 bits per heavy atom. The van der Waals surface area contributed by atoms with Crippen molar-refractivity contribution in [2.75, 3.05) is 0 Å². The molecule has 0 N–H and O–H groups in total. The van der Waals surface area contributed by atoms with Crippen molar-refractivity contribution in [2.24, 2.45) is 0 Å². The lowest BCUT2D eigenvalue weighted by Gasteiger charge is -2.01. The third-order valence-corrected chi connectivity index (χ3v) is 3.59. The van der Waals surface area contributed by atoms with Gasteiger partial charge < -0.3 is 0 Å². The fraction of sp³-hybridized carbons (Fsp3) is 0.0556. The van der Waals surface area contributed by atoms with Crippen molar-refractivity contribution in [2.45, 2.75) is 6.92 Å². The SMILES string of the molecule is Cc1ncc2c(n1)c(-c1ccccc1)nn2-c1ccccc1. The van der Waals surface area contributed by atoms with E-state index in [1.165, 1.54) is 0 Å². The average molecular weight is 286 g/mol. The van der Waals surface area contributed by atoms with E-state index >= 15 is 0 Å². The standard InChI is InChI=1S/C18H14N4/c1-13-19-12-16-18(20-13)17(14-8-4-2-5-9-14)21-22(16)15-10-6-3-7-11-15/h2-12H,1H3.